The Morgan fingerprint density at radius 1 is 1.65 bits per heavy atom. The number of ether oxygens (including phenoxy) is 1. The Bertz CT molecular complexity index is 712. The van der Waals surface area contributed by atoms with E-state index in [0.29, 0.717) is 15.5 Å². The molecule has 0 unspecified atom stereocenters. The van der Waals surface area contributed by atoms with Crippen LogP contribution in [0.1, 0.15) is 12.6 Å². The number of H-pyrrole nitrogens is 1. The molecule has 0 amide bonds. The molecular weight excluding hydrogens is 332 g/mol. The molecule has 108 valence electrons. The smallest absolute Gasteiger partial charge is 0.276 e. The molecule has 3 heterocycles. The Labute approximate surface area is 121 Å². The number of aromatic amines is 1. The third-order valence-electron chi connectivity index (χ3n) is 3.34. The Hall–Kier alpha value is -1.42. The summed E-state index contributed by atoms with van der Waals surface area (Å²) >= 11 is 3.32. The van der Waals surface area contributed by atoms with Gasteiger partial charge in [0.1, 0.15) is 23.4 Å². The standard InChI is InChI=1S/C11H13BrN4O4/c12-4-2-16(7-1-5(18)6(3-17)20-7)9-8(4)14-11(13)15-10(9)19/h2,5-7,17-18H,1,3H2,(H3,13,14,15,19)/t5-,6+,7+/m0/s1. The van der Waals surface area contributed by atoms with Gasteiger partial charge < -0.3 is 25.3 Å². The minimum atomic E-state index is -0.776. The van der Waals surface area contributed by atoms with Gasteiger partial charge in [0.2, 0.25) is 5.95 Å². The topological polar surface area (TPSA) is 126 Å². The number of aromatic nitrogens is 3. The second-order valence-electron chi connectivity index (χ2n) is 4.65. The van der Waals surface area contributed by atoms with E-state index in [1.807, 2.05) is 0 Å². The highest BCUT2D eigenvalue weighted by Crippen LogP contribution is 2.33. The normalized spacial score (nSPS) is 26.4. The molecule has 0 aromatic carbocycles. The molecular formula is C11H13BrN4O4. The highest BCUT2D eigenvalue weighted by atomic mass is 79.9. The van der Waals surface area contributed by atoms with Crippen molar-refractivity contribution in [3.63, 3.8) is 0 Å². The van der Waals surface area contributed by atoms with Gasteiger partial charge in [-0.2, -0.15) is 0 Å². The number of hydrogen-bond acceptors (Lipinski definition) is 6. The van der Waals surface area contributed by atoms with Crippen LogP contribution in [0.3, 0.4) is 0 Å². The number of anilines is 1. The molecule has 1 fully saturated rings. The summed E-state index contributed by atoms with van der Waals surface area (Å²) in [6.45, 7) is -0.278. The van der Waals surface area contributed by atoms with Crippen molar-refractivity contribution >= 4 is 32.9 Å². The maximum Gasteiger partial charge on any atom is 0.276 e. The molecule has 0 aliphatic carbocycles. The van der Waals surface area contributed by atoms with E-state index < -0.39 is 18.4 Å². The molecule has 3 atom stereocenters. The number of rotatable bonds is 2. The number of nitrogens with two attached hydrogens (primary N) is 1. The van der Waals surface area contributed by atoms with Crippen LogP contribution in [0.15, 0.2) is 15.5 Å². The van der Waals surface area contributed by atoms with Crippen LogP contribution in [0.4, 0.5) is 5.95 Å². The van der Waals surface area contributed by atoms with Crippen molar-refractivity contribution in [1.82, 2.24) is 14.5 Å². The SMILES string of the molecule is Nc1nc2c(Br)cn([C@H]3C[C@H](O)[C@@H](CO)O3)c2c(=O)[nH]1. The minimum absolute atomic E-state index is 0.0292. The van der Waals surface area contributed by atoms with Crippen LogP contribution in [0.5, 0.6) is 0 Å². The van der Waals surface area contributed by atoms with E-state index in [4.69, 9.17) is 15.6 Å². The largest absolute Gasteiger partial charge is 0.394 e. The molecule has 2 aromatic rings. The van der Waals surface area contributed by atoms with Gasteiger partial charge in [-0.25, -0.2) is 4.98 Å². The van der Waals surface area contributed by atoms with Crippen LogP contribution in [-0.4, -0.2) is 43.6 Å². The highest BCUT2D eigenvalue weighted by molar-refractivity contribution is 9.10. The first-order valence-electron chi connectivity index (χ1n) is 6.01. The molecule has 0 spiro atoms. The summed E-state index contributed by atoms with van der Waals surface area (Å²) in [5.74, 6) is 0.0292. The van der Waals surface area contributed by atoms with Gasteiger partial charge in [0, 0.05) is 12.6 Å². The lowest BCUT2D eigenvalue weighted by molar-refractivity contribution is -0.0429. The fraction of sp³-hybridized carbons (Fsp3) is 0.455. The maximum atomic E-state index is 12.0. The quantitative estimate of drug-likeness (QED) is 0.593. The van der Waals surface area contributed by atoms with Crippen LogP contribution in [0.25, 0.3) is 11.0 Å². The molecule has 9 heteroatoms. The fourth-order valence-corrected chi connectivity index (χ4v) is 2.91. The van der Waals surface area contributed by atoms with Crippen molar-refractivity contribution < 1.29 is 14.9 Å². The van der Waals surface area contributed by atoms with E-state index >= 15 is 0 Å². The van der Waals surface area contributed by atoms with E-state index in [-0.39, 0.29) is 24.5 Å². The molecule has 20 heavy (non-hydrogen) atoms. The molecule has 0 bridgehead atoms. The number of aliphatic hydroxyl groups excluding tert-OH is 2. The number of fused-ring (bicyclic) bond motifs is 1. The van der Waals surface area contributed by atoms with Crippen molar-refractivity contribution in [3.05, 3.63) is 21.0 Å². The number of halogens is 1. The number of hydrogen-bond donors (Lipinski definition) is 4. The average molecular weight is 345 g/mol. The average Bonchev–Trinajstić information content (AvgIpc) is 2.91. The molecule has 1 aliphatic rings. The van der Waals surface area contributed by atoms with Crippen molar-refractivity contribution in [2.45, 2.75) is 24.9 Å². The number of nitrogens with zero attached hydrogens (tertiary/aromatic N) is 2. The number of nitrogen functional groups attached to an aromatic ring is 1. The summed E-state index contributed by atoms with van der Waals surface area (Å²) in [6, 6.07) is 0. The fourth-order valence-electron chi connectivity index (χ4n) is 2.42. The predicted octanol–water partition coefficient (Wildman–Crippen LogP) is -0.290. The molecule has 8 nitrogen and oxygen atoms in total. The van der Waals surface area contributed by atoms with Gasteiger partial charge in [-0.05, 0) is 15.9 Å². The zero-order valence-corrected chi connectivity index (χ0v) is 11.9. The number of aliphatic hydroxyl groups is 2. The van der Waals surface area contributed by atoms with Crippen LogP contribution >= 0.6 is 15.9 Å². The van der Waals surface area contributed by atoms with E-state index in [1.165, 1.54) is 0 Å². The molecule has 5 N–H and O–H groups in total. The lowest BCUT2D eigenvalue weighted by Crippen LogP contribution is -2.24. The van der Waals surface area contributed by atoms with Gasteiger partial charge in [-0.3, -0.25) is 9.78 Å². The summed E-state index contributed by atoms with van der Waals surface area (Å²) in [6.07, 6.45) is -0.0315. The molecule has 1 aliphatic heterocycles. The van der Waals surface area contributed by atoms with Crippen LogP contribution in [0.2, 0.25) is 0 Å². The van der Waals surface area contributed by atoms with Crippen molar-refractivity contribution in [1.29, 1.82) is 0 Å². The Balaban J connectivity index is 2.12. The van der Waals surface area contributed by atoms with Crippen molar-refractivity contribution in [2.75, 3.05) is 12.3 Å². The highest BCUT2D eigenvalue weighted by Gasteiger charge is 2.35. The third kappa shape index (κ3) is 2.03. The first-order valence-corrected chi connectivity index (χ1v) is 6.80. The Kier molecular flexibility index (Phi) is 3.28. The van der Waals surface area contributed by atoms with Crippen molar-refractivity contribution in [3.8, 4) is 0 Å². The first-order chi connectivity index (χ1) is 9.51. The summed E-state index contributed by atoms with van der Waals surface area (Å²) in [7, 11) is 0. The van der Waals surface area contributed by atoms with Gasteiger partial charge in [0.05, 0.1) is 17.2 Å². The minimum Gasteiger partial charge on any atom is -0.394 e. The van der Waals surface area contributed by atoms with Gasteiger partial charge in [-0.1, -0.05) is 0 Å². The molecule has 3 rings (SSSR count). The summed E-state index contributed by atoms with van der Waals surface area (Å²) in [4.78, 5) is 18.5. The van der Waals surface area contributed by atoms with Gasteiger partial charge in [0.25, 0.3) is 5.56 Å². The van der Waals surface area contributed by atoms with Crippen molar-refractivity contribution in [2.24, 2.45) is 0 Å². The van der Waals surface area contributed by atoms with E-state index in [0.717, 1.165) is 0 Å². The zero-order chi connectivity index (χ0) is 14.4. The Morgan fingerprint density at radius 2 is 2.40 bits per heavy atom. The van der Waals surface area contributed by atoms with E-state index in [1.54, 1.807) is 10.8 Å². The molecule has 0 saturated carbocycles. The summed E-state index contributed by atoms with van der Waals surface area (Å²) < 4.78 is 7.74. The lowest BCUT2D eigenvalue weighted by atomic mass is 10.2. The van der Waals surface area contributed by atoms with Crippen LogP contribution in [0, 0.1) is 0 Å². The molecule has 1 saturated heterocycles. The predicted molar refractivity (Wildman–Crippen MR) is 74.1 cm³/mol. The maximum absolute atomic E-state index is 12.0. The third-order valence-corrected chi connectivity index (χ3v) is 3.92. The second kappa shape index (κ2) is 4.85. The lowest BCUT2D eigenvalue weighted by Gasteiger charge is -2.14. The van der Waals surface area contributed by atoms with E-state index in [2.05, 4.69) is 25.9 Å². The van der Waals surface area contributed by atoms with Crippen LogP contribution < -0.4 is 11.3 Å². The summed E-state index contributed by atoms with van der Waals surface area (Å²) in [5, 5.41) is 18.9. The molecule has 0 radical (unpaired) electrons. The zero-order valence-electron chi connectivity index (χ0n) is 10.3. The number of nitrogens with one attached hydrogen (secondary N) is 1. The van der Waals surface area contributed by atoms with Crippen LogP contribution in [-0.2, 0) is 4.74 Å². The van der Waals surface area contributed by atoms with E-state index in [9.17, 15) is 9.90 Å². The first kappa shape index (κ1) is 13.6. The van der Waals surface area contributed by atoms with Gasteiger partial charge in [-0.15, -0.1) is 0 Å². The Morgan fingerprint density at radius 3 is 3.05 bits per heavy atom. The molecule has 2 aromatic heterocycles. The summed E-state index contributed by atoms with van der Waals surface area (Å²) in [5.41, 5.74) is 5.87. The monoisotopic (exact) mass is 344 g/mol. The van der Waals surface area contributed by atoms with Gasteiger partial charge in [0.15, 0.2) is 0 Å². The van der Waals surface area contributed by atoms with Gasteiger partial charge >= 0.3 is 0 Å². The second-order valence-corrected chi connectivity index (χ2v) is 5.50.